The van der Waals surface area contributed by atoms with Gasteiger partial charge >= 0.3 is 6.03 Å². The maximum absolute atomic E-state index is 11.8. The molecule has 0 aliphatic rings. The smallest absolute Gasteiger partial charge is 0.319 e. The highest BCUT2D eigenvalue weighted by atomic mass is 16.3. The van der Waals surface area contributed by atoms with Crippen LogP contribution in [0.3, 0.4) is 0 Å². The van der Waals surface area contributed by atoms with E-state index in [2.05, 4.69) is 29.6 Å². The maximum Gasteiger partial charge on any atom is 0.319 e. The molecule has 1 aromatic carbocycles. The summed E-state index contributed by atoms with van der Waals surface area (Å²) in [6, 6.07) is 5.58. The van der Waals surface area contributed by atoms with Gasteiger partial charge in [0.05, 0.1) is 5.52 Å². The second-order valence-electron chi connectivity index (χ2n) is 5.49. The molecule has 2 aromatic rings. The predicted octanol–water partition coefficient (Wildman–Crippen LogP) is 2.51. The number of aliphatic hydroxyl groups is 1. The molecule has 0 radical (unpaired) electrons. The van der Waals surface area contributed by atoms with E-state index in [9.17, 15) is 4.79 Å². The lowest BCUT2D eigenvalue weighted by atomic mass is 10.2. The van der Waals surface area contributed by atoms with E-state index in [1.165, 1.54) is 0 Å². The number of carbonyl (C=O) groups excluding carboxylic acids is 1. The van der Waals surface area contributed by atoms with Crippen molar-refractivity contribution in [3.63, 3.8) is 0 Å². The lowest BCUT2D eigenvalue weighted by Gasteiger charge is -2.13. The highest BCUT2D eigenvalue weighted by molar-refractivity contribution is 5.92. The fraction of sp³-hybridized carbons (Fsp3) is 0.467. The summed E-state index contributed by atoms with van der Waals surface area (Å²) in [5.74, 6) is 0. The summed E-state index contributed by atoms with van der Waals surface area (Å²) >= 11 is 0. The Morgan fingerprint density at radius 2 is 2.14 bits per heavy atom. The topological polar surface area (TPSA) is 79.2 Å². The van der Waals surface area contributed by atoms with Crippen LogP contribution in [0.2, 0.25) is 0 Å². The molecule has 0 spiro atoms. The molecule has 0 bridgehead atoms. The Bertz CT molecular complexity index is 621. The van der Waals surface area contributed by atoms with Crippen molar-refractivity contribution in [1.82, 2.24) is 15.1 Å². The molecule has 2 rings (SSSR count). The summed E-state index contributed by atoms with van der Waals surface area (Å²) in [4.78, 5) is 11.8. The monoisotopic (exact) mass is 290 g/mol. The third-order valence-electron chi connectivity index (χ3n) is 3.25. The van der Waals surface area contributed by atoms with Gasteiger partial charge in [-0.2, -0.15) is 5.10 Å². The number of anilines is 1. The van der Waals surface area contributed by atoms with E-state index in [1.807, 2.05) is 36.0 Å². The number of benzene rings is 1. The van der Waals surface area contributed by atoms with Crippen LogP contribution >= 0.6 is 0 Å². The molecule has 1 atom stereocenters. The van der Waals surface area contributed by atoms with Crippen LogP contribution in [-0.4, -0.2) is 33.6 Å². The Kier molecular flexibility index (Phi) is 4.80. The van der Waals surface area contributed by atoms with Crippen molar-refractivity contribution in [2.75, 3.05) is 11.9 Å². The highest BCUT2D eigenvalue weighted by Crippen LogP contribution is 2.19. The fourth-order valence-electron chi connectivity index (χ4n) is 2.04. The normalized spacial score (nSPS) is 12.6. The largest absolute Gasteiger partial charge is 0.396 e. The van der Waals surface area contributed by atoms with Crippen molar-refractivity contribution in [3.05, 3.63) is 24.4 Å². The molecule has 0 fully saturated rings. The molecular formula is C15H22N4O2. The standard InChI is InChI=1S/C15H22N4O2/c1-10(2)19-9-12-8-13(4-5-14(12)18-19)17-15(21)16-11(3)6-7-20/h4-5,8-11,20H,6-7H2,1-3H3,(H2,16,17,21)/t11-/m1/s1. The van der Waals surface area contributed by atoms with Crippen LogP contribution in [0.25, 0.3) is 10.9 Å². The van der Waals surface area contributed by atoms with Crippen molar-refractivity contribution in [3.8, 4) is 0 Å². The van der Waals surface area contributed by atoms with Crippen LogP contribution in [0.1, 0.15) is 33.2 Å². The molecule has 3 N–H and O–H groups in total. The number of carbonyl (C=O) groups is 1. The minimum absolute atomic E-state index is 0.0573. The number of rotatable bonds is 5. The van der Waals surface area contributed by atoms with Crippen molar-refractivity contribution in [2.24, 2.45) is 0 Å². The predicted molar refractivity (Wildman–Crippen MR) is 83.4 cm³/mol. The summed E-state index contributed by atoms with van der Waals surface area (Å²) in [5, 5.41) is 19.8. The Labute approximate surface area is 124 Å². The minimum atomic E-state index is -0.272. The lowest BCUT2D eigenvalue weighted by molar-refractivity contribution is 0.241. The molecule has 1 aromatic heterocycles. The number of fused-ring (bicyclic) bond motifs is 1. The molecule has 0 aliphatic carbocycles. The molecule has 0 aliphatic heterocycles. The fourth-order valence-corrected chi connectivity index (χ4v) is 2.04. The molecule has 0 unspecified atom stereocenters. The first-order valence-corrected chi connectivity index (χ1v) is 7.17. The Morgan fingerprint density at radius 3 is 2.81 bits per heavy atom. The Hall–Kier alpha value is -2.08. The maximum atomic E-state index is 11.8. The molecule has 0 saturated heterocycles. The first-order valence-electron chi connectivity index (χ1n) is 7.17. The van der Waals surface area contributed by atoms with E-state index < -0.39 is 0 Å². The summed E-state index contributed by atoms with van der Waals surface area (Å²) in [6.45, 7) is 6.05. The van der Waals surface area contributed by atoms with Crippen LogP contribution in [0.15, 0.2) is 24.4 Å². The minimum Gasteiger partial charge on any atom is -0.396 e. The molecule has 6 nitrogen and oxygen atoms in total. The molecule has 1 heterocycles. The number of aromatic nitrogens is 2. The first-order chi connectivity index (χ1) is 9.99. The van der Waals surface area contributed by atoms with Gasteiger partial charge in [0.15, 0.2) is 0 Å². The van der Waals surface area contributed by atoms with Crippen molar-refractivity contribution >= 4 is 22.6 Å². The average molecular weight is 290 g/mol. The van der Waals surface area contributed by atoms with E-state index in [4.69, 9.17) is 5.11 Å². The summed E-state index contributed by atoms with van der Waals surface area (Å²) < 4.78 is 1.90. The summed E-state index contributed by atoms with van der Waals surface area (Å²) in [6.07, 6.45) is 2.51. The zero-order valence-electron chi connectivity index (χ0n) is 12.6. The van der Waals surface area contributed by atoms with Gasteiger partial charge in [0.25, 0.3) is 0 Å². The van der Waals surface area contributed by atoms with Gasteiger partial charge in [-0.3, -0.25) is 4.68 Å². The zero-order valence-corrected chi connectivity index (χ0v) is 12.6. The summed E-state index contributed by atoms with van der Waals surface area (Å²) in [7, 11) is 0. The first kappa shape index (κ1) is 15.3. The van der Waals surface area contributed by atoms with E-state index in [-0.39, 0.29) is 18.7 Å². The number of amides is 2. The number of nitrogens with one attached hydrogen (secondary N) is 2. The van der Waals surface area contributed by atoms with Gasteiger partial charge in [0, 0.05) is 36.0 Å². The molecular weight excluding hydrogens is 268 g/mol. The molecule has 2 amide bonds. The van der Waals surface area contributed by atoms with Gasteiger partial charge in [0.2, 0.25) is 0 Å². The number of aliphatic hydroxyl groups excluding tert-OH is 1. The van der Waals surface area contributed by atoms with Gasteiger partial charge in [-0.05, 0) is 45.4 Å². The number of nitrogens with zero attached hydrogens (tertiary/aromatic N) is 2. The van der Waals surface area contributed by atoms with Crippen LogP contribution < -0.4 is 10.6 Å². The van der Waals surface area contributed by atoms with Crippen LogP contribution in [0.4, 0.5) is 10.5 Å². The van der Waals surface area contributed by atoms with Crippen LogP contribution in [0.5, 0.6) is 0 Å². The van der Waals surface area contributed by atoms with Crippen LogP contribution in [-0.2, 0) is 0 Å². The van der Waals surface area contributed by atoms with Gasteiger partial charge < -0.3 is 15.7 Å². The van der Waals surface area contributed by atoms with Crippen molar-refractivity contribution in [1.29, 1.82) is 0 Å². The number of urea groups is 1. The Morgan fingerprint density at radius 1 is 1.38 bits per heavy atom. The van der Waals surface area contributed by atoms with Crippen molar-refractivity contribution in [2.45, 2.75) is 39.3 Å². The zero-order chi connectivity index (χ0) is 15.4. The van der Waals surface area contributed by atoms with Crippen molar-refractivity contribution < 1.29 is 9.90 Å². The second-order valence-corrected chi connectivity index (χ2v) is 5.49. The Balaban J connectivity index is 2.07. The third kappa shape index (κ3) is 3.95. The lowest BCUT2D eigenvalue weighted by Crippen LogP contribution is -2.36. The molecule has 114 valence electrons. The molecule has 21 heavy (non-hydrogen) atoms. The van der Waals surface area contributed by atoms with Gasteiger partial charge in [-0.15, -0.1) is 0 Å². The van der Waals surface area contributed by atoms with Crippen LogP contribution in [0, 0.1) is 0 Å². The highest BCUT2D eigenvalue weighted by Gasteiger charge is 2.08. The number of hydrogen-bond donors (Lipinski definition) is 3. The SMILES string of the molecule is CC(C)n1cc2cc(NC(=O)N[C@H](C)CCO)ccc2n1. The third-order valence-corrected chi connectivity index (χ3v) is 3.25. The molecule has 0 saturated carbocycles. The second kappa shape index (κ2) is 6.58. The van der Waals surface area contributed by atoms with E-state index in [1.54, 1.807) is 0 Å². The number of hydrogen-bond acceptors (Lipinski definition) is 3. The summed E-state index contributed by atoms with van der Waals surface area (Å²) in [5.41, 5.74) is 1.63. The average Bonchev–Trinajstić information content (AvgIpc) is 2.81. The quantitative estimate of drug-likeness (QED) is 0.791. The van der Waals surface area contributed by atoms with E-state index in [0.717, 1.165) is 16.6 Å². The van der Waals surface area contributed by atoms with E-state index >= 15 is 0 Å². The van der Waals surface area contributed by atoms with Gasteiger partial charge in [-0.1, -0.05) is 0 Å². The molecule has 6 heteroatoms. The van der Waals surface area contributed by atoms with Gasteiger partial charge in [-0.25, -0.2) is 4.79 Å². The van der Waals surface area contributed by atoms with Gasteiger partial charge in [0.1, 0.15) is 0 Å². The van der Waals surface area contributed by atoms with E-state index in [0.29, 0.717) is 12.5 Å².